The van der Waals surface area contributed by atoms with Crippen molar-refractivity contribution in [1.29, 1.82) is 0 Å². The third-order valence-electron chi connectivity index (χ3n) is 5.23. The second kappa shape index (κ2) is 8.81. The molecule has 3 aromatic heterocycles. The summed E-state index contributed by atoms with van der Waals surface area (Å²) in [6.45, 7) is 0.697. The van der Waals surface area contributed by atoms with Gasteiger partial charge in [0.15, 0.2) is 11.6 Å². The molecule has 0 spiro atoms. The molecule has 0 bridgehead atoms. The Balaban J connectivity index is 1.63. The van der Waals surface area contributed by atoms with E-state index in [-0.39, 0.29) is 0 Å². The molecular formula is C20H20ClF3N6O2. The summed E-state index contributed by atoms with van der Waals surface area (Å²) in [7, 11) is 0. The van der Waals surface area contributed by atoms with Gasteiger partial charge in [0.05, 0.1) is 6.20 Å². The molecule has 0 saturated heterocycles. The average Bonchev–Trinajstić information content (AvgIpc) is 3.50. The Morgan fingerprint density at radius 2 is 2.19 bits per heavy atom. The molecule has 1 atom stereocenters. The summed E-state index contributed by atoms with van der Waals surface area (Å²) in [5, 5.41) is 2.64. The highest BCUT2D eigenvalue weighted by atomic mass is 35.5. The Hall–Kier alpha value is -3.08. The first-order valence-electron chi connectivity index (χ1n) is 9.95. The number of hydrogen-bond acceptors (Lipinski definition) is 6. The molecule has 2 N–H and O–H groups in total. The van der Waals surface area contributed by atoms with E-state index in [1.54, 1.807) is 36.4 Å². The molecule has 0 aromatic carbocycles. The van der Waals surface area contributed by atoms with Gasteiger partial charge in [-0.1, -0.05) is 0 Å². The number of hydrogen-bond donors (Lipinski definition) is 2. The van der Waals surface area contributed by atoms with Gasteiger partial charge in [-0.2, -0.15) is 13.2 Å². The third kappa shape index (κ3) is 5.04. The fraction of sp³-hybridized carbons (Fsp3) is 0.400. The van der Waals surface area contributed by atoms with Gasteiger partial charge in [-0.15, -0.1) is 0 Å². The van der Waals surface area contributed by atoms with Crippen LogP contribution in [0.4, 0.5) is 19.0 Å². The second-order valence-electron chi connectivity index (χ2n) is 7.69. The van der Waals surface area contributed by atoms with Gasteiger partial charge in [-0.25, -0.2) is 15.0 Å². The summed E-state index contributed by atoms with van der Waals surface area (Å²) in [4.78, 5) is 30.3. The summed E-state index contributed by atoms with van der Waals surface area (Å²) in [5.74, 6) is 0.811. The molecule has 4 rings (SSSR count). The number of amides is 1. The number of aromatic nitrogens is 4. The lowest BCUT2D eigenvalue weighted by molar-refractivity contribution is -0.139. The molecule has 1 aliphatic carbocycles. The van der Waals surface area contributed by atoms with E-state index < -0.39 is 24.7 Å². The van der Waals surface area contributed by atoms with Crippen LogP contribution in [0.2, 0.25) is 0 Å². The number of carbonyl (C=O) groups excluding carboxylic acids is 1. The number of nitrogens with zero attached hydrogens (tertiary/aromatic N) is 4. The van der Waals surface area contributed by atoms with E-state index in [2.05, 4.69) is 19.9 Å². The van der Waals surface area contributed by atoms with Gasteiger partial charge >= 0.3 is 6.18 Å². The standard InChI is InChI=1S/C20H20ClF3N6O2/c1-11(19(31)28-10-20(22,23)24)30(9-12-2-3-12)16-4-5-25-18(29-16)15-8-27-17-14(15)6-13(32-21)7-26-17/h4-8,11-12H,2-3,9-10H2,1H3,(H,26,27)(H,28,31)/t11-/m1/s1. The van der Waals surface area contributed by atoms with Crippen molar-refractivity contribution in [2.75, 3.05) is 18.0 Å². The number of aromatic amines is 1. The van der Waals surface area contributed by atoms with Crippen LogP contribution in [0, 0.1) is 5.92 Å². The molecule has 0 unspecified atom stereocenters. The first-order valence-corrected chi connectivity index (χ1v) is 10.3. The molecule has 3 aromatic rings. The lowest BCUT2D eigenvalue weighted by atomic mass is 10.2. The fourth-order valence-electron chi connectivity index (χ4n) is 3.36. The number of fused-ring (bicyclic) bond motifs is 1. The Kier molecular flexibility index (Phi) is 6.09. The van der Waals surface area contributed by atoms with Crippen molar-refractivity contribution >= 4 is 34.6 Å². The van der Waals surface area contributed by atoms with Gasteiger partial charge in [-0.3, -0.25) is 4.79 Å². The van der Waals surface area contributed by atoms with E-state index in [1.807, 2.05) is 5.32 Å². The largest absolute Gasteiger partial charge is 0.405 e. The summed E-state index contributed by atoms with van der Waals surface area (Å²) in [6.07, 6.45) is 2.23. The first kappa shape index (κ1) is 22.1. The number of rotatable bonds is 8. The van der Waals surface area contributed by atoms with Crippen molar-refractivity contribution in [3.63, 3.8) is 0 Å². The third-order valence-corrected chi connectivity index (χ3v) is 5.41. The van der Waals surface area contributed by atoms with E-state index in [1.165, 1.54) is 6.20 Å². The quantitative estimate of drug-likeness (QED) is 0.521. The molecule has 3 heterocycles. The van der Waals surface area contributed by atoms with Gasteiger partial charge in [0, 0.05) is 29.9 Å². The molecule has 170 valence electrons. The number of H-pyrrole nitrogens is 1. The highest BCUT2D eigenvalue weighted by molar-refractivity contribution is 6.09. The van der Waals surface area contributed by atoms with E-state index in [0.29, 0.717) is 46.5 Å². The van der Waals surface area contributed by atoms with Gasteiger partial charge in [-0.05, 0) is 37.8 Å². The highest BCUT2D eigenvalue weighted by Gasteiger charge is 2.33. The monoisotopic (exact) mass is 468 g/mol. The fourth-order valence-corrected chi connectivity index (χ4v) is 3.44. The van der Waals surface area contributed by atoms with Crippen LogP contribution in [0.15, 0.2) is 30.7 Å². The maximum absolute atomic E-state index is 12.5. The molecule has 32 heavy (non-hydrogen) atoms. The lowest BCUT2D eigenvalue weighted by Crippen LogP contribution is -2.48. The highest BCUT2D eigenvalue weighted by Crippen LogP contribution is 2.33. The van der Waals surface area contributed by atoms with Crippen LogP contribution in [0.5, 0.6) is 5.75 Å². The summed E-state index contributed by atoms with van der Waals surface area (Å²) >= 11 is 5.44. The van der Waals surface area contributed by atoms with Crippen molar-refractivity contribution in [3.8, 4) is 17.1 Å². The average molecular weight is 469 g/mol. The summed E-state index contributed by atoms with van der Waals surface area (Å²) < 4.78 is 42.3. The van der Waals surface area contributed by atoms with E-state index in [4.69, 9.17) is 16.2 Å². The smallest absolute Gasteiger partial charge is 0.384 e. The first-order chi connectivity index (χ1) is 15.2. The lowest BCUT2D eigenvalue weighted by Gasteiger charge is -2.29. The number of nitrogens with one attached hydrogen (secondary N) is 2. The van der Waals surface area contributed by atoms with E-state index in [9.17, 15) is 18.0 Å². The van der Waals surface area contributed by atoms with Gasteiger partial charge in [0.2, 0.25) is 5.91 Å². The van der Waals surface area contributed by atoms with Crippen LogP contribution < -0.4 is 14.5 Å². The molecule has 12 heteroatoms. The predicted octanol–water partition coefficient (Wildman–Crippen LogP) is 3.84. The maximum Gasteiger partial charge on any atom is 0.405 e. The number of carbonyl (C=O) groups is 1. The number of alkyl halides is 3. The zero-order valence-electron chi connectivity index (χ0n) is 17.0. The van der Waals surface area contributed by atoms with Crippen molar-refractivity contribution in [1.82, 2.24) is 25.3 Å². The van der Waals surface area contributed by atoms with Crippen molar-refractivity contribution in [2.24, 2.45) is 5.92 Å². The van der Waals surface area contributed by atoms with Gasteiger partial charge < -0.3 is 19.5 Å². The molecule has 1 aliphatic rings. The van der Waals surface area contributed by atoms with Crippen molar-refractivity contribution in [2.45, 2.75) is 32.0 Å². The van der Waals surface area contributed by atoms with Crippen molar-refractivity contribution < 1.29 is 22.3 Å². The molecule has 1 saturated carbocycles. The Morgan fingerprint density at radius 1 is 1.41 bits per heavy atom. The SMILES string of the molecule is C[C@H](C(=O)NCC(F)(F)F)N(CC1CC1)c1ccnc(-c2c[nH]c3ncc(OCl)cc23)n1. The van der Waals surface area contributed by atoms with Gasteiger partial charge in [0.1, 0.15) is 35.9 Å². The summed E-state index contributed by atoms with van der Waals surface area (Å²) in [6, 6.07) is 2.48. The Labute approximate surface area is 186 Å². The maximum atomic E-state index is 12.5. The van der Waals surface area contributed by atoms with Crippen molar-refractivity contribution in [3.05, 3.63) is 30.7 Å². The minimum Gasteiger partial charge on any atom is -0.384 e. The van der Waals surface area contributed by atoms with Gasteiger partial charge in [0.25, 0.3) is 0 Å². The topological polar surface area (TPSA) is 96.0 Å². The molecule has 0 radical (unpaired) electrons. The molecule has 0 aliphatic heterocycles. The van der Waals surface area contributed by atoms with Crippen LogP contribution in [-0.2, 0) is 4.79 Å². The van der Waals surface area contributed by atoms with Crippen LogP contribution >= 0.6 is 11.9 Å². The van der Waals surface area contributed by atoms with Crippen LogP contribution in [-0.4, -0.2) is 51.2 Å². The number of anilines is 1. The second-order valence-corrected chi connectivity index (χ2v) is 7.84. The minimum atomic E-state index is -4.48. The molecule has 1 fully saturated rings. The van der Waals surface area contributed by atoms with Crippen LogP contribution in [0.1, 0.15) is 19.8 Å². The Bertz CT molecular complexity index is 1120. The number of pyridine rings is 1. The minimum absolute atomic E-state index is 0.349. The number of halogens is 4. The molecular weight excluding hydrogens is 449 g/mol. The zero-order chi connectivity index (χ0) is 22.9. The van der Waals surface area contributed by atoms with Crippen LogP contribution in [0.3, 0.4) is 0 Å². The summed E-state index contributed by atoms with van der Waals surface area (Å²) in [5.41, 5.74) is 1.23. The van der Waals surface area contributed by atoms with Crippen LogP contribution in [0.25, 0.3) is 22.4 Å². The Morgan fingerprint density at radius 3 is 2.88 bits per heavy atom. The molecule has 1 amide bonds. The predicted molar refractivity (Wildman–Crippen MR) is 112 cm³/mol. The van der Waals surface area contributed by atoms with E-state index in [0.717, 1.165) is 12.8 Å². The van der Waals surface area contributed by atoms with E-state index >= 15 is 0 Å². The normalized spacial score (nSPS) is 14.9. The molecule has 8 nitrogen and oxygen atoms in total. The zero-order valence-corrected chi connectivity index (χ0v) is 17.7.